The summed E-state index contributed by atoms with van der Waals surface area (Å²) < 4.78 is 11.1. The van der Waals surface area contributed by atoms with Gasteiger partial charge >= 0.3 is 12.2 Å². The number of carbonyl (C=O) groups excluding carboxylic acids is 2. The van der Waals surface area contributed by atoms with Crippen LogP contribution in [0.5, 0.6) is 0 Å². The quantitative estimate of drug-likeness (QED) is 0.429. The average Bonchev–Trinajstić information content (AvgIpc) is 2.63. The van der Waals surface area contributed by atoms with E-state index in [4.69, 9.17) is 9.47 Å². The van der Waals surface area contributed by atoms with E-state index in [-0.39, 0.29) is 25.7 Å². The number of nitrogens with zero attached hydrogens (tertiary/aromatic N) is 2. The smallest absolute Gasteiger partial charge is 0.410 e. The minimum absolute atomic E-state index is 0.190. The molecular weight excluding hydrogens is 460 g/mol. The second kappa shape index (κ2) is 10.3. The van der Waals surface area contributed by atoms with Gasteiger partial charge in [0.1, 0.15) is 0 Å². The molecule has 36 heavy (non-hydrogen) atoms. The van der Waals surface area contributed by atoms with E-state index in [1.54, 1.807) is 9.80 Å². The van der Waals surface area contributed by atoms with Crippen molar-refractivity contribution in [2.24, 2.45) is 0 Å². The molecule has 8 heteroatoms. The van der Waals surface area contributed by atoms with Gasteiger partial charge in [0, 0.05) is 47.8 Å². The first-order chi connectivity index (χ1) is 16.3. The van der Waals surface area contributed by atoms with Gasteiger partial charge in [-0.3, -0.25) is 9.80 Å². The van der Waals surface area contributed by atoms with Crippen LogP contribution in [0.15, 0.2) is 0 Å². The molecule has 0 saturated carbocycles. The lowest BCUT2D eigenvalue weighted by molar-refractivity contribution is -0.253. The molecule has 2 heterocycles. The number of piperidine rings is 2. The number of amides is 2. The molecule has 0 aromatic carbocycles. The highest BCUT2D eigenvalue weighted by Gasteiger charge is 2.66. The molecule has 0 aliphatic carbocycles. The maximum Gasteiger partial charge on any atom is 0.410 e. The van der Waals surface area contributed by atoms with E-state index in [0.29, 0.717) is 13.2 Å². The van der Waals surface area contributed by atoms with E-state index in [1.165, 1.54) is 0 Å². The summed E-state index contributed by atoms with van der Waals surface area (Å²) >= 11 is 0. The highest BCUT2D eigenvalue weighted by atomic mass is 16.6. The summed E-state index contributed by atoms with van der Waals surface area (Å²) in [5, 5.41) is 24.5. The Morgan fingerprint density at radius 3 is 1.08 bits per heavy atom. The van der Waals surface area contributed by atoms with E-state index in [1.807, 2.05) is 69.2 Å². The molecule has 0 radical (unpaired) electrons. The van der Waals surface area contributed by atoms with Crippen LogP contribution in [0, 0.1) is 0 Å². The van der Waals surface area contributed by atoms with Crippen LogP contribution < -0.4 is 0 Å². The molecule has 0 unspecified atom stereocenters. The molecule has 0 aromatic rings. The lowest BCUT2D eigenvalue weighted by atomic mass is 9.57. The molecule has 2 N–H and O–H groups in total. The zero-order chi connectivity index (χ0) is 27.8. The molecule has 210 valence electrons. The van der Waals surface area contributed by atoms with Crippen LogP contribution >= 0.6 is 0 Å². The maximum absolute atomic E-state index is 13.1. The number of ether oxygens (including phenoxy) is 2. The minimum Gasteiger partial charge on any atom is -0.449 e. The van der Waals surface area contributed by atoms with Crippen molar-refractivity contribution in [2.75, 3.05) is 13.2 Å². The van der Waals surface area contributed by atoms with Gasteiger partial charge in [-0.05, 0) is 68.2 Å². The molecule has 2 rings (SSSR count). The topological polar surface area (TPSA) is 99.5 Å². The first-order valence-electron chi connectivity index (χ1n) is 13.7. The highest BCUT2D eigenvalue weighted by Crippen LogP contribution is 2.55. The third-order valence-corrected chi connectivity index (χ3v) is 8.00. The molecule has 2 aliphatic heterocycles. The predicted octanol–water partition coefficient (Wildman–Crippen LogP) is 5.63. The van der Waals surface area contributed by atoms with Gasteiger partial charge in [-0.2, -0.15) is 0 Å². The van der Waals surface area contributed by atoms with Gasteiger partial charge in [-0.15, -0.1) is 0 Å². The molecule has 8 nitrogen and oxygen atoms in total. The van der Waals surface area contributed by atoms with Gasteiger partial charge in [-0.1, -0.05) is 26.7 Å². The predicted molar refractivity (Wildman–Crippen MR) is 141 cm³/mol. The molecule has 0 spiro atoms. The number of likely N-dealkylation sites (tertiary alicyclic amines) is 2. The summed E-state index contributed by atoms with van der Waals surface area (Å²) in [6, 6.07) is 0. The SMILES string of the molecule is CCCCOC(=O)N1C(C)(C)CC(O)(C2(O)CC(C)(C)N(C(=O)OCCCC)C(C)(C)C2)CC1(C)C. The lowest BCUT2D eigenvalue weighted by Crippen LogP contribution is -2.77. The number of hydrogen-bond acceptors (Lipinski definition) is 6. The van der Waals surface area contributed by atoms with Gasteiger partial charge in [0.2, 0.25) is 0 Å². The Hall–Kier alpha value is -1.54. The molecule has 2 amide bonds. The Morgan fingerprint density at radius 2 is 0.861 bits per heavy atom. The van der Waals surface area contributed by atoms with Crippen LogP contribution in [0.2, 0.25) is 0 Å². The van der Waals surface area contributed by atoms with Crippen molar-refractivity contribution in [1.29, 1.82) is 0 Å². The maximum atomic E-state index is 13.1. The second-order valence-corrected chi connectivity index (χ2v) is 13.6. The van der Waals surface area contributed by atoms with Crippen LogP contribution in [-0.2, 0) is 9.47 Å². The van der Waals surface area contributed by atoms with Gasteiger partial charge < -0.3 is 19.7 Å². The Bertz CT molecular complexity index is 702. The minimum atomic E-state index is -1.48. The summed E-state index contributed by atoms with van der Waals surface area (Å²) in [7, 11) is 0. The summed E-state index contributed by atoms with van der Waals surface area (Å²) in [5.74, 6) is 0. The van der Waals surface area contributed by atoms with Crippen LogP contribution in [0.25, 0.3) is 0 Å². The normalized spacial score (nSPS) is 25.2. The van der Waals surface area contributed by atoms with Crippen molar-refractivity contribution in [2.45, 2.75) is 154 Å². The molecule has 2 aliphatic rings. The van der Waals surface area contributed by atoms with Crippen molar-refractivity contribution in [3.63, 3.8) is 0 Å². The fourth-order valence-electron chi connectivity index (χ4n) is 7.33. The summed E-state index contributed by atoms with van der Waals surface area (Å²) in [5.41, 5.74) is -6.01. The molecular formula is C28H52N2O6. The van der Waals surface area contributed by atoms with Gasteiger partial charge in [0.05, 0.1) is 24.4 Å². The largest absolute Gasteiger partial charge is 0.449 e. The molecule has 2 saturated heterocycles. The Morgan fingerprint density at radius 1 is 0.611 bits per heavy atom. The van der Waals surface area contributed by atoms with Crippen molar-refractivity contribution in [1.82, 2.24) is 9.80 Å². The standard InChI is InChI=1S/C28H52N2O6/c1-11-13-15-35-21(31)29-23(3,4)17-27(33,18-24(29,5)6)28(34)19-25(7,8)30(26(9,10)20-28)22(32)36-16-14-12-2/h33-34H,11-20H2,1-10H3. The van der Waals surface area contributed by atoms with E-state index < -0.39 is 45.5 Å². The van der Waals surface area contributed by atoms with Crippen molar-refractivity contribution in [3.8, 4) is 0 Å². The number of carbonyl (C=O) groups is 2. The zero-order valence-electron chi connectivity index (χ0n) is 24.5. The zero-order valence-corrected chi connectivity index (χ0v) is 24.5. The van der Waals surface area contributed by atoms with E-state index in [9.17, 15) is 19.8 Å². The van der Waals surface area contributed by atoms with Gasteiger partial charge in [0.25, 0.3) is 0 Å². The summed E-state index contributed by atoms with van der Waals surface area (Å²) in [6.45, 7) is 20.1. The van der Waals surface area contributed by atoms with Crippen molar-refractivity contribution >= 4 is 12.2 Å². The average molecular weight is 513 g/mol. The van der Waals surface area contributed by atoms with Crippen LogP contribution in [0.3, 0.4) is 0 Å². The van der Waals surface area contributed by atoms with Crippen molar-refractivity contribution in [3.05, 3.63) is 0 Å². The van der Waals surface area contributed by atoms with Crippen LogP contribution in [0.1, 0.15) is 121 Å². The lowest BCUT2D eigenvalue weighted by Gasteiger charge is -2.65. The third-order valence-electron chi connectivity index (χ3n) is 8.00. The number of unbranched alkanes of at least 4 members (excludes halogenated alkanes) is 2. The van der Waals surface area contributed by atoms with Crippen LogP contribution in [-0.4, -0.2) is 78.8 Å². The van der Waals surface area contributed by atoms with E-state index in [0.717, 1.165) is 25.7 Å². The fourth-order valence-corrected chi connectivity index (χ4v) is 7.33. The monoisotopic (exact) mass is 512 g/mol. The summed E-state index contributed by atoms with van der Waals surface area (Å²) in [4.78, 5) is 29.7. The van der Waals surface area contributed by atoms with E-state index >= 15 is 0 Å². The molecule has 0 aromatic heterocycles. The van der Waals surface area contributed by atoms with Gasteiger partial charge in [-0.25, -0.2) is 9.59 Å². The van der Waals surface area contributed by atoms with Crippen LogP contribution in [0.4, 0.5) is 9.59 Å². The molecule has 0 bridgehead atoms. The first-order valence-corrected chi connectivity index (χ1v) is 13.7. The fraction of sp³-hybridized carbons (Fsp3) is 0.929. The Balaban J connectivity index is 2.37. The molecule has 0 atom stereocenters. The number of rotatable bonds is 7. The summed E-state index contributed by atoms with van der Waals surface area (Å²) in [6.07, 6.45) is 3.44. The first kappa shape index (κ1) is 30.7. The second-order valence-electron chi connectivity index (χ2n) is 13.6. The third kappa shape index (κ3) is 5.95. The van der Waals surface area contributed by atoms with Gasteiger partial charge in [0.15, 0.2) is 0 Å². The number of aliphatic hydroxyl groups is 2. The Labute approximate surface area is 218 Å². The molecule has 2 fully saturated rings. The highest BCUT2D eigenvalue weighted by molar-refractivity contribution is 5.71. The number of hydrogen-bond donors (Lipinski definition) is 2. The Kier molecular flexibility index (Phi) is 8.79. The van der Waals surface area contributed by atoms with Crippen molar-refractivity contribution < 1.29 is 29.3 Å². The van der Waals surface area contributed by atoms with E-state index in [2.05, 4.69) is 0 Å².